The van der Waals surface area contributed by atoms with Gasteiger partial charge < -0.3 is 5.73 Å². The highest BCUT2D eigenvalue weighted by Crippen LogP contribution is 2.30. The van der Waals surface area contributed by atoms with Crippen molar-refractivity contribution in [1.29, 1.82) is 0 Å². The first-order chi connectivity index (χ1) is 8.63. The molecule has 1 atom stereocenters. The highest BCUT2D eigenvalue weighted by molar-refractivity contribution is 7.98. The van der Waals surface area contributed by atoms with Crippen LogP contribution in [-0.2, 0) is 0 Å². The summed E-state index contributed by atoms with van der Waals surface area (Å²) >= 11 is 1.67. The summed E-state index contributed by atoms with van der Waals surface area (Å²) in [5.41, 5.74) is 9.25. The molecule has 0 aliphatic rings. The van der Waals surface area contributed by atoms with E-state index in [-0.39, 0.29) is 11.9 Å². The predicted molar refractivity (Wildman–Crippen MR) is 75.4 cm³/mol. The number of thioether (sulfide) groups is 1. The molecule has 0 aromatic heterocycles. The summed E-state index contributed by atoms with van der Waals surface area (Å²) in [5.74, 6) is -0.221. The third kappa shape index (κ3) is 2.57. The van der Waals surface area contributed by atoms with Crippen LogP contribution in [0.25, 0.3) is 0 Å². The fourth-order valence-corrected chi connectivity index (χ4v) is 2.72. The topological polar surface area (TPSA) is 26.0 Å². The molecular weight excluding hydrogens is 245 g/mol. The monoisotopic (exact) mass is 261 g/mol. The van der Waals surface area contributed by atoms with Crippen LogP contribution in [0.5, 0.6) is 0 Å². The standard InChI is InChI=1S/C15H16FNS/c1-10-9-11(16)7-8-12(10)15(17)13-5-3-4-6-14(13)18-2/h3-9,15H,17H2,1-2H3. The molecule has 1 unspecified atom stereocenters. The van der Waals surface area contributed by atoms with Crippen LogP contribution in [0.15, 0.2) is 47.4 Å². The van der Waals surface area contributed by atoms with Crippen molar-refractivity contribution >= 4 is 11.8 Å². The molecule has 18 heavy (non-hydrogen) atoms. The summed E-state index contributed by atoms with van der Waals surface area (Å²) in [6, 6.07) is 12.6. The summed E-state index contributed by atoms with van der Waals surface area (Å²) in [6.45, 7) is 1.89. The Labute approximate surface area is 111 Å². The van der Waals surface area contributed by atoms with Gasteiger partial charge in [0.1, 0.15) is 5.82 Å². The molecular formula is C15H16FNS. The van der Waals surface area contributed by atoms with Gasteiger partial charge in [0, 0.05) is 4.90 Å². The van der Waals surface area contributed by atoms with Gasteiger partial charge in [-0.3, -0.25) is 0 Å². The van der Waals surface area contributed by atoms with Crippen molar-refractivity contribution in [2.24, 2.45) is 5.73 Å². The molecule has 0 amide bonds. The fraction of sp³-hybridized carbons (Fsp3) is 0.200. The number of benzene rings is 2. The lowest BCUT2D eigenvalue weighted by Gasteiger charge is -2.18. The molecule has 2 aromatic carbocycles. The van der Waals surface area contributed by atoms with Crippen molar-refractivity contribution < 1.29 is 4.39 Å². The van der Waals surface area contributed by atoms with Gasteiger partial charge in [-0.2, -0.15) is 0 Å². The van der Waals surface area contributed by atoms with Gasteiger partial charge in [-0.25, -0.2) is 4.39 Å². The van der Waals surface area contributed by atoms with Crippen LogP contribution in [0.4, 0.5) is 4.39 Å². The molecule has 2 N–H and O–H groups in total. The van der Waals surface area contributed by atoms with Crippen LogP contribution in [0, 0.1) is 12.7 Å². The van der Waals surface area contributed by atoms with Crippen molar-refractivity contribution in [2.45, 2.75) is 17.9 Å². The average molecular weight is 261 g/mol. The summed E-state index contributed by atoms with van der Waals surface area (Å²) in [6.07, 6.45) is 2.03. The molecule has 0 bridgehead atoms. The van der Waals surface area contributed by atoms with Gasteiger partial charge >= 0.3 is 0 Å². The lowest BCUT2D eigenvalue weighted by Crippen LogP contribution is -2.14. The molecule has 0 heterocycles. The lowest BCUT2D eigenvalue weighted by molar-refractivity contribution is 0.624. The SMILES string of the molecule is CSc1ccccc1C(N)c1ccc(F)cc1C. The van der Waals surface area contributed by atoms with E-state index in [9.17, 15) is 4.39 Å². The van der Waals surface area contributed by atoms with Gasteiger partial charge in [0.2, 0.25) is 0 Å². The van der Waals surface area contributed by atoms with E-state index < -0.39 is 0 Å². The van der Waals surface area contributed by atoms with Crippen LogP contribution < -0.4 is 5.73 Å². The van der Waals surface area contributed by atoms with Crippen molar-refractivity contribution in [2.75, 3.05) is 6.26 Å². The number of halogens is 1. The van der Waals surface area contributed by atoms with Gasteiger partial charge in [-0.15, -0.1) is 11.8 Å². The molecule has 94 valence electrons. The third-order valence-corrected chi connectivity index (χ3v) is 3.85. The van der Waals surface area contributed by atoms with Crippen LogP contribution in [-0.4, -0.2) is 6.26 Å². The quantitative estimate of drug-likeness (QED) is 0.848. The Kier molecular flexibility index (Phi) is 4.04. The summed E-state index contributed by atoms with van der Waals surface area (Å²) in [5, 5.41) is 0. The molecule has 0 saturated carbocycles. The minimum Gasteiger partial charge on any atom is -0.320 e. The van der Waals surface area contributed by atoms with Crippen LogP contribution >= 0.6 is 11.8 Å². The first-order valence-electron chi connectivity index (χ1n) is 5.78. The predicted octanol–water partition coefficient (Wildman–Crippen LogP) is 3.90. The largest absolute Gasteiger partial charge is 0.320 e. The Morgan fingerprint density at radius 3 is 2.50 bits per heavy atom. The van der Waals surface area contributed by atoms with Gasteiger partial charge in [0.25, 0.3) is 0 Å². The number of rotatable bonds is 3. The van der Waals surface area contributed by atoms with Crippen LogP contribution in [0.2, 0.25) is 0 Å². The molecule has 2 rings (SSSR count). The molecule has 0 fully saturated rings. The summed E-state index contributed by atoms with van der Waals surface area (Å²) in [7, 11) is 0. The second kappa shape index (κ2) is 5.55. The van der Waals surface area contributed by atoms with Crippen molar-refractivity contribution in [3.05, 3.63) is 65.0 Å². The molecule has 3 heteroatoms. The van der Waals surface area contributed by atoms with E-state index in [1.165, 1.54) is 12.1 Å². The smallest absolute Gasteiger partial charge is 0.123 e. The van der Waals surface area contributed by atoms with E-state index in [1.807, 2.05) is 31.4 Å². The zero-order chi connectivity index (χ0) is 13.1. The summed E-state index contributed by atoms with van der Waals surface area (Å²) in [4.78, 5) is 1.16. The Balaban J connectivity index is 2.44. The fourth-order valence-electron chi connectivity index (χ4n) is 2.08. The first-order valence-corrected chi connectivity index (χ1v) is 7.00. The highest BCUT2D eigenvalue weighted by Gasteiger charge is 2.14. The minimum absolute atomic E-state index is 0.214. The number of hydrogen-bond donors (Lipinski definition) is 1. The van der Waals surface area contributed by atoms with Crippen molar-refractivity contribution in [1.82, 2.24) is 0 Å². The van der Waals surface area contributed by atoms with Gasteiger partial charge in [-0.1, -0.05) is 24.3 Å². The molecule has 0 saturated heterocycles. The number of hydrogen-bond acceptors (Lipinski definition) is 2. The number of nitrogens with two attached hydrogens (primary N) is 1. The van der Waals surface area contributed by atoms with Crippen molar-refractivity contribution in [3.63, 3.8) is 0 Å². The Morgan fingerprint density at radius 1 is 1.11 bits per heavy atom. The molecule has 0 spiro atoms. The zero-order valence-corrected chi connectivity index (χ0v) is 11.3. The van der Waals surface area contributed by atoms with Crippen LogP contribution in [0.3, 0.4) is 0 Å². The van der Waals surface area contributed by atoms with Gasteiger partial charge in [0.05, 0.1) is 6.04 Å². The van der Waals surface area contributed by atoms with E-state index in [1.54, 1.807) is 17.8 Å². The Bertz CT molecular complexity index is 554. The van der Waals surface area contributed by atoms with E-state index in [2.05, 4.69) is 6.07 Å². The van der Waals surface area contributed by atoms with Gasteiger partial charge in [0.15, 0.2) is 0 Å². The Hall–Kier alpha value is -1.32. The van der Waals surface area contributed by atoms with E-state index in [4.69, 9.17) is 5.73 Å². The van der Waals surface area contributed by atoms with Crippen molar-refractivity contribution in [3.8, 4) is 0 Å². The first kappa shape index (κ1) is 13.1. The van der Waals surface area contributed by atoms with Crippen LogP contribution in [0.1, 0.15) is 22.7 Å². The average Bonchev–Trinajstić information content (AvgIpc) is 2.38. The second-order valence-corrected chi connectivity index (χ2v) is 5.07. The summed E-state index contributed by atoms with van der Waals surface area (Å²) < 4.78 is 13.1. The Morgan fingerprint density at radius 2 is 1.83 bits per heavy atom. The zero-order valence-electron chi connectivity index (χ0n) is 10.5. The van der Waals surface area contributed by atoms with E-state index >= 15 is 0 Å². The molecule has 0 radical (unpaired) electrons. The third-order valence-electron chi connectivity index (χ3n) is 3.04. The normalized spacial score (nSPS) is 12.4. The van der Waals surface area contributed by atoms with Gasteiger partial charge in [-0.05, 0) is 48.1 Å². The maximum Gasteiger partial charge on any atom is 0.123 e. The molecule has 1 nitrogen and oxygen atoms in total. The minimum atomic E-state index is -0.221. The molecule has 2 aromatic rings. The maximum atomic E-state index is 13.1. The highest BCUT2D eigenvalue weighted by atomic mass is 32.2. The van der Waals surface area contributed by atoms with E-state index in [0.717, 1.165) is 21.6 Å². The molecule has 0 aliphatic heterocycles. The maximum absolute atomic E-state index is 13.1. The molecule has 0 aliphatic carbocycles. The van der Waals surface area contributed by atoms with E-state index in [0.29, 0.717) is 0 Å². The second-order valence-electron chi connectivity index (χ2n) is 4.22. The number of aryl methyl sites for hydroxylation is 1. The lowest BCUT2D eigenvalue weighted by atomic mass is 9.96.